The van der Waals surface area contributed by atoms with Gasteiger partial charge in [-0.3, -0.25) is 0 Å². The second kappa shape index (κ2) is 2.25. The molecule has 2 aromatic heterocycles. The Morgan fingerprint density at radius 2 is 2.36 bits per heavy atom. The van der Waals surface area contributed by atoms with Crippen LogP contribution in [0.5, 0.6) is 0 Å². The first-order valence-electron chi connectivity index (χ1n) is 3.57. The SMILES string of the molecule is c1cc2sc3c(c2s1)SCC3. The van der Waals surface area contributed by atoms with Crippen molar-refractivity contribution < 1.29 is 0 Å². The van der Waals surface area contributed by atoms with E-state index in [9.17, 15) is 0 Å². The van der Waals surface area contributed by atoms with Gasteiger partial charge < -0.3 is 0 Å². The lowest BCUT2D eigenvalue weighted by Gasteiger charge is -1.83. The monoisotopic (exact) mass is 198 g/mol. The summed E-state index contributed by atoms with van der Waals surface area (Å²) in [5.74, 6) is 1.30. The van der Waals surface area contributed by atoms with E-state index in [1.807, 2.05) is 34.4 Å². The van der Waals surface area contributed by atoms with Gasteiger partial charge in [-0.2, -0.15) is 0 Å². The highest BCUT2D eigenvalue weighted by Crippen LogP contribution is 2.45. The summed E-state index contributed by atoms with van der Waals surface area (Å²) >= 11 is 5.90. The maximum absolute atomic E-state index is 2.24. The zero-order chi connectivity index (χ0) is 7.26. The molecule has 2 aromatic rings. The van der Waals surface area contributed by atoms with Crippen molar-refractivity contribution in [2.45, 2.75) is 11.3 Å². The lowest BCUT2D eigenvalue weighted by atomic mass is 10.4. The first kappa shape index (κ1) is 6.52. The summed E-state index contributed by atoms with van der Waals surface area (Å²) in [6.45, 7) is 0. The van der Waals surface area contributed by atoms with E-state index in [2.05, 4.69) is 11.4 Å². The molecule has 0 aliphatic carbocycles. The Morgan fingerprint density at radius 3 is 3.36 bits per heavy atom. The van der Waals surface area contributed by atoms with Crippen LogP contribution in [0, 0.1) is 0 Å². The molecule has 0 aromatic carbocycles. The normalized spacial score (nSPS) is 16.0. The molecule has 0 bridgehead atoms. The molecule has 1 aliphatic heterocycles. The summed E-state index contributed by atoms with van der Waals surface area (Å²) in [5.41, 5.74) is 0. The first-order chi connectivity index (χ1) is 5.45. The maximum atomic E-state index is 2.24. The zero-order valence-electron chi connectivity index (χ0n) is 5.79. The topological polar surface area (TPSA) is 0 Å². The molecule has 11 heavy (non-hydrogen) atoms. The van der Waals surface area contributed by atoms with Crippen molar-refractivity contribution in [1.29, 1.82) is 0 Å². The first-order valence-corrected chi connectivity index (χ1v) is 6.25. The molecular formula is C8H6S3. The van der Waals surface area contributed by atoms with E-state index in [0.717, 1.165) is 0 Å². The fourth-order valence-electron chi connectivity index (χ4n) is 1.41. The number of hydrogen-bond acceptors (Lipinski definition) is 3. The smallest absolute Gasteiger partial charge is 0.0589 e. The van der Waals surface area contributed by atoms with Crippen molar-refractivity contribution in [3.63, 3.8) is 0 Å². The van der Waals surface area contributed by atoms with Gasteiger partial charge in [-0.05, 0) is 17.9 Å². The van der Waals surface area contributed by atoms with Crippen molar-refractivity contribution in [3.8, 4) is 0 Å². The van der Waals surface area contributed by atoms with Gasteiger partial charge in [0.05, 0.1) is 4.70 Å². The predicted octanol–water partition coefficient (Wildman–Crippen LogP) is 3.61. The Bertz CT molecular complexity index is 396. The van der Waals surface area contributed by atoms with Crippen LogP contribution in [0.25, 0.3) is 9.40 Å². The Kier molecular flexibility index (Phi) is 1.33. The Hall–Kier alpha value is 0.01000. The second-order valence-electron chi connectivity index (χ2n) is 2.57. The third-order valence-corrected chi connectivity index (χ3v) is 5.58. The molecule has 1 aliphatic rings. The Morgan fingerprint density at radius 1 is 1.36 bits per heavy atom. The number of thiophene rings is 2. The van der Waals surface area contributed by atoms with Crippen molar-refractivity contribution in [2.75, 3.05) is 5.75 Å². The number of rotatable bonds is 0. The zero-order valence-corrected chi connectivity index (χ0v) is 8.24. The fourth-order valence-corrected chi connectivity index (χ4v) is 5.41. The lowest BCUT2D eigenvalue weighted by molar-refractivity contribution is 1.21. The van der Waals surface area contributed by atoms with Gasteiger partial charge in [0.15, 0.2) is 0 Å². The minimum atomic E-state index is 1.30. The van der Waals surface area contributed by atoms with E-state index < -0.39 is 0 Å². The van der Waals surface area contributed by atoms with Gasteiger partial charge in [0.25, 0.3) is 0 Å². The van der Waals surface area contributed by atoms with Crippen LogP contribution in [0.1, 0.15) is 4.88 Å². The van der Waals surface area contributed by atoms with Crippen molar-refractivity contribution in [1.82, 2.24) is 0 Å². The van der Waals surface area contributed by atoms with Gasteiger partial charge in [-0.25, -0.2) is 0 Å². The number of thioether (sulfide) groups is 1. The molecule has 0 saturated carbocycles. The number of aryl methyl sites for hydroxylation is 1. The molecule has 3 heterocycles. The number of fused-ring (bicyclic) bond motifs is 3. The molecular weight excluding hydrogens is 192 g/mol. The predicted molar refractivity (Wildman–Crippen MR) is 54.1 cm³/mol. The van der Waals surface area contributed by atoms with E-state index in [4.69, 9.17) is 0 Å². The Balaban J connectivity index is 2.46. The van der Waals surface area contributed by atoms with E-state index in [0.29, 0.717) is 0 Å². The van der Waals surface area contributed by atoms with E-state index in [1.54, 1.807) is 9.77 Å². The molecule has 0 spiro atoms. The maximum Gasteiger partial charge on any atom is 0.0589 e. The number of hydrogen-bond donors (Lipinski definition) is 0. The third kappa shape index (κ3) is 0.819. The molecule has 0 radical (unpaired) electrons. The van der Waals surface area contributed by atoms with Gasteiger partial charge in [0.1, 0.15) is 0 Å². The summed E-state index contributed by atoms with van der Waals surface area (Å²) in [6, 6.07) is 2.24. The largest absolute Gasteiger partial charge is 0.142 e. The van der Waals surface area contributed by atoms with Crippen molar-refractivity contribution >= 4 is 43.8 Å². The van der Waals surface area contributed by atoms with E-state index in [-0.39, 0.29) is 0 Å². The van der Waals surface area contributed by atoms with Crippen LogP contribution in [-0.4, -0.2) is 5.75 Å². The summed E-state index contributed by atoms with van der Waals surface area (Å²) in [6.07, 6.45) is 1.30. The quantitative estimate of drug-likeness (QED) is 0.623. The van der Waals surface area contributed by atoms with Gasteiger partial charge in [-0.15, -0.1) is 34.4 Å². The van der Waals surface area contributed by atoms with Gasteiger partial charge in [-0.1, -0.05) is 0 Å². The molecule has 0 fully saturated rings. The Labute approximate surface area is 77.2 Å². The highest BCUT2D eigenvalue weighted by Gasteiger charge is 2.18. The lowest BCUT2D eigenvalue weighted by Crippen LogP contribution is -1.69. The molecule has 3 rings (SSSR count). The summed E-state index contributed by atoms with van der Waals surface area (Å²) in [5, 5.41) is 2.19. The average Bonchev–Trinajstić information content (AvgIpc) is 2.52. The highest BCUT2D eigenvalue weighted by molar-refractivity contribution is 8.00. The second-order valence-corrected chi connectivity index (χ2v) is 5.72. The van der Waals surface area contributed by atoms with Crippen LogP contribution in [0.15, 0.2) is 16.3 Å². The summed E-state index contributed by atoms with van der Waals surface area (Å²) < 4.78 is 3.03. The molecule has 0 unspecified atom stereocenters. The molecule has 0 N–H and O–H groups in total. The molecule has 0 saturated heterocycles. The van der Waals surface area contributed by atoms with Gasteiger partial charge in [0.2, 0.25) is 0 Å². The van der Waals surface area contributed by atoms with Crippen LogP contribution >= 0.6 is 34.4 Å². The minimum absolute atomic E-state index is 1.30. The molecule has 3 heteroatoms. The van der Waals surface area contributed by atoms with Crippen LogP contribution in [0.3, 0.4) is 0 Å². The summed E-state index contributed by atoms with van der Waals surface area (Å²) in [7, 11) is 0. The van der Waals surface area contributed by atoms with E-state index in [1.165, 1.54) is 21.6 Å². The standard InChI is InChI=1S/C8H6S3/c1-3-9-7-5(1)11-6-2-4-10-8(6)7/h1,3H,2,4H2. The van der Waals surface area contributed by atoms with Crippen LogP contribution in [0.2, 0.25) is 0 Å². The minimum Gasteiger partial charge on any atom is -0.142 e. The van der Waals surface area contributed by atoms with Crippen LogP contribution < -0.4 is 0 Å². The molecule has 56 valence electrons. The molecule has 0 nitrogen and oxygen atoms in total. The average molecular weight is 198 g/mol. The van der Waals surface area contributed by atoms with Gasteiger partial charge >= 0.3 is 0 Å². The van der Waals surface area contributed by atoms with Gasteiger partial charge in [0, 0.05) is 20.2 Å². The van der Waals surface area contributed by atoms with Crippen molar-refractivity contribution in [3.05, 3.63) is 16.3 Å². The van der Waals surface area contributed by atoms with Crippen molar-refractivity contribution in [2.24, 2.45) is 0 Å². The van der Waals surface area contributed by atoms with Crippen LogP contribution in [-0.2, 0) is 6.42 Å². The fraction of sp³-hybridized carbons (Fsp3) is 0.250. The third-order valence-electron chi connectivity index (χ3n) is 1.90. The molecule has 0 amide bonds. The molecule has 0 atom stereocenters. The summed E-state index contributed by atoms with van der Waals surface area (Å²) in [4.78, 5) is 3.21. The highest BCUT2D eigenvalue weighted by atomic mass is 32.2. The van der Waals surface area contributed by atoms with E-state index >= 15 is 0 Å². The van der Waals surface area contributed by atoms with Crippen LogP contribution in [0.4, 0.5) is 0 Å².